The van der Waals surface area contributed by atoms with Crippen LogP contribution >= 0.6 is 0 Å². The normalized spacial score (nSPS) is 22.9. The summed E-state index contributed by atoms with van der Waals surface area (Å²) in [4.78, 5) is 12.0. The lowest BCUT2D eigenvalue weighted by Crippen LogP contribution is -2.47. The molecule has 1 aliphatic rings. The van der Waals surface area contributed by atoms with Gasteiger partial charge in [0.05, 0.1) is 6.10 Å². The van der Waals surface area contributed by atoms with Crippen molar-refractivity contribution in [3.63, 3.8) is 0 Å². The summed E-state index contributed by atoms with van der Waals surface area (Å²) >= 11 is 0. The molecule has 2 amide bonds. The maximum atomic E-state index is 12.0. The molecule has 0 radical (unpaired) electrons. The summed E-state index contributed by atoms with van der Waals surface area (Å²) in [6, 6.07) is 6.69. The molecular weight excluding hydrogens is 276 g/mol. The molecular formula is C18H28N2O2. The molecule has 1 fully saturated rings. The number of benzene rings is 1. The van der Waals surface area contributed by atoms with Gasteiger partial charge < -0.3 is 15.7 Å². The van der Waals surface area contributed by atoms with E-state index in [9.17, 15) is 9.90 Å². The Morgan fingerprint density at radius 2 is 1.77 bits per heavy atom. The van der Waals surface area contributed by atoms with E-state index in [0.717, 1.165) is 32.1 Å². The largest absolute Gasteiger partial charge is 0.393 e. The van der Waals surface area contributed by atoms with Crippen molar-refractivity contribution >= 4 is 6.03 Å². The molecule has 0 spiro atoms. The molecule has 22 heavy (non-hydrogen) atoms. The second kappa shape index (κ2) is 7.63. The van der Waals surface area contributed by atoms with Gasteiger partial charge in [0.25, 0.3) is 0 Å². The van der Waals surface area contributed by atoms with Gasteiger partial charge in [-0.25, -0.2) is 4.79 Å². The fraction of sp³-hybridized carbons (Fsp3) is 0.611. The zero-order valence-electron chi connectivity index (χ0n) is 13.9. The second-order valence-electron chi connectivity index (χ2n) is 6.72. The van der Waals surface area contributed by atoms with Crippen molar-refractivity contribution in [2.24, 2.45) is 0 Å². The van der Waals surface area contributed by atoms with Crippen molar-refractivity contribution in [2.45, 2.75) is 71.1 Å². The molecule has 1 unspecified atom stereocenters. The summed E-state index contributed by atoms with van der Waals surface area (Å²) in [7, 11) is 0. The van der Waals surface area contributed by atoms with Gasteiger partial charge >= 0.3 is 6.03 Å². The number of aryl methyl sites for hydroxylation is 2. The van der Waals surface area contributed by atoms with Crippen molar-refractivity contribution in [3.05, 3.63) is 34.9 Å². The molecule has 1 aliphatic carbocycles. The van der Waals surface area contributed by atoms with E-state index >= 15 is 0 Å². The molecule has 0 heterocycles. The molecule has 0 bridgehead atoms. The van der Waals surface area contributed by atoms with Gasteiger partial charge in [-0.3, -0.25) is 0 Å². The van der Waals surface area contributed by atoms with E-state index in [-0.39, 0.29) is 24.2 Å². The van der Waals surface area contributed by atoms with Gasteiger partial charge in [-0.2, -0.15) is 0 Å². The first-order valence-electron chi connectivity index (χ1n) is 8.24. The Labute approximate surface area is 133 Å². The Morgan fingerprint density at radius 1 is 1.18 bits per heavy atom. The average molecular weight is 304 g/mol. The molecule has 4 heteroatoms. The first-order valence-corrected chi connectivity index (χ1v) is 8.24. The summed E-state index contributed by atoms with van der Waals surface area (Å²) in [6.45, 7) is 6.22. The molecule has 0 saturated heterocycles. The molecule has 1 aromatic rings. The van der Waals surface area contributed by atoms with Crippen molar-refractivity contribution < 1.29 is 9.90 Å². The SMILES string of the molecule is Cc1cc(C)cc(CC(C)NC(=O)NC2CCC(O)CC2)c1. The maximum Gasteiger partial charge on any atom is 0.315 e. The van der Waals surface area contributed by atoms with Gasteiger partial charge in [0.15, 0.2) is 0 Å². The maximum absolute atomic E-state index is 12.0. The van der Waals surface area contributed by atoms with Crippen LogP contribution in [0.2, 0.25) is 0 Å². The van der Waals surface area contributed by atoms with Gasteiger partial charge in [0, 0.05) is 12.1 Å². The fourth-order valence-corrected chi connectivity index (χ4v) is 3.26. The third-order valence-corrected chi connectivity index (χ3v) is 4.23. The van der Waals surface area contributed by atoms with E-state index in [1.807, 2.05) is 6.92 Å². The number of carbonyl (C=O) groups excluding carboxylic acids is 1. The number of hydrogen-bond acceptors (Lipinski definition) is 2. The van der Waals surface area contributed by atoms with Crippen molar-refractivity contribution in [1.29, 1.82) is 0 Å². The first kappa shape index (κ1) is 16.8. The number of aliphatic hydroxyl groups excluding tert-OH is 1. The zero-order chi connectivity index (χ0) is 16.1. The molecule has 0 aliphatic heterocycles. The fourth-order valence-electron chi connectivity index (χ4n) is 3.26. The summed E-state index contributed by atoms with van der Waals surface area (Å²) in [5.74, 6) is 0. The summed E-state index contributed by atoms with van der Waals surface area (Å²) in [5.41, 5.74) is 3.77. The van der Waals surface area contributed by atoms with Crippen LogP contribution in [0.4, 0.5) is 4.79 Å². The zero-order valence-corrected chi connectivity index (χ0v) is 13.9. The highest BCUT2D eigenvalue weighted by atomic mass is 16.3. The molecule has 2 rings (SSSR count). The smallest absolute Gasteiger partial charge is 0.315 e. The lowest BCUT2D eigenvalue weighted by molar-refractivity contribution is 0.117. The van der Waals surface area contributed by atoms with E-state index in [0.29, 0.717) is 0 Å². The van der Waals surface area contributed by atoms with Crippen LogP contribution in [0.25, 0.3) is 0 Å². The van der Waals surface area contributed by atoms with Crippen molar-refractivity contribution in [2.75, 3.05) is 0 Å². The summed E-state index contributed by atoms with van der Waals surface area (Å²) < 4.78 is 0. The van der Waals surface area contributed by atoms with Crippen LogP contribution in [0.1, 0.15) is 49.3 Å². The summed E-state index contributed by atoms with van der Waals surface area (Å²) in [5, 5.41) is 15.5. The third kappa shape index (κ3) is 5.34. The van der Waals surface area contributed by atoms with Crippen molar-refractivity contribution in [3.8, 4) is 0 Å². The molecule has 1 aromatic carbocycles. The highest BCUT2D eigenvalue weighted by molar-refractivity contribution is 5.74. The third-order valence-electron chi connectivity index (χ3n) is 4.23. The number of hydrogen-bond donors (Lipinski definition) is 3. The predicted octanol–water partition coefficient (Wildman–Crippen LogP) is 2.84. The Kier molecular flexibility index (Phi) is 5.83. The van der Waals surface area contributed by atoms with E-state index in [4.69, 9.17) is 0 Å². The Balaban J connectivity index is 1.78. The molecule has 0 aromatic heterocycles. The number of carbonyl (C=O) groups is 1. The minimum atomic E-state index is -0.190. The topological polar surface area (TPSA) is 61.4 Å². The number of nitrogens with one attached hydrogen (secondary N) is 2. The molecule has 4 nitrogen and oxygen atoms in total. The standard InChI is InChI=1S/C18H28N2O2/c1-12-8-13(2)10-15(9-12)11-14(3)19-18(22)20-16-4-6-17(21)7-5-16/h8-10,14,16-17,21H,4-7,11H2,1-3H3,(H2,19,20,22). The van der Waals surface area contributed by atoms with Crippen LogP contribution in [-0.4, -0.2) is 29.3 Å². The van der Waals surface area contributed by atoms with Crippen LogP contribution in [-0.2, 0) is 6.42 Å². The Morgan fingerprint density at radius 3 is 2.36 bits per heavy atom. The van der Waals surface area contributed by atoms with Gasteiger partial charge in [0.1, 0.15) is 0 Å². The molecule has 122 valence electrons. The van der Waals surface area contributed by atoms with Gasteiger partial charge in [-0.05, 0) is 58.4 Å². The quantitative estimate of drug-likeness (QED) is 0.801. The summed E-state index contributed by atoms with van der Waals surface area (Å²) in [6.07, 6.45) is 3.93. The second-order valence-corrected chi connectivity index (χ2v) is 6.72. The van der Waals surface area contributed by atoms with Crippen LogP contribution < -0.4 is 10.6 Å². The lowest BCUT2D eigenvalue weighted by atomic mass is 9.93. The van der Waals surface area contributed by atoms with Crippen LogP contribution in [0.3, 0.4) is 0 Å². The lowest BCUT2D eigenvalue weighted by Gasteiger charge is -2.27. The first-order chi connectivity index (χ1) is 10.4. The van der Waals surface area contributed by atoms with E-state index < -0.39 is 0 Å². The Bertz CT molecular complexity index is 488. The number of urea groups is 1. The number of aliphatic hydroxyl groups is 1. The van der Waals surface area contributed by atoms with Crippen LogP contribution in [0.5, 0.6) is 0 Å². The minimum Gasteiger partial charge on any atom is -0.393 e. The van der Waals surface area contributed by atoms with Crippen LogP contribution in [0, 0.1) is 13.8 Å². The number of rotatable bonds is 4. The molecule has 1 saturated carbocycles. The van der Waals surface area contributed by atoms with Gasteiger partial charge in [-0.15, -0.1) is 0 Å². The molecule has 1 atom stereocenters. The van der Waals surface area contributed by atoms with E-state index in [1.54, 1.807) is 0 Å². The molecule has 3 N–H and O–H groups in total. The average Bonchev–Trinajstić information content (AvgIpc) is 2.39. The minimum absolute atomic E-state index is 0.0929. The van der Waals surface area contributed by atoms with Crippen molar-refractivity contribution in [1.82, 2.24) is 10.6 Å². The predicted molar refractivity (Wildman–Crippen MR) is 89.0 cm³/mol. The Hall–Kier alpha value is -1.55. The monoisotopic (exact) mass is 304 g/mol. The highest BCUT2D eigenvalue weighted by Gasteiger charge is 2.21. The van der Waals surface area contributed by atoms with Gasteiger partial charge in [-0.1, -0.05) is 29.3 Å². The van der Waals surface area contributed by atoms with Gasteiger partial charge in [0.2, 0.25) is 0 Å². The highest BCUT2D eigenvalue weighted by Crippen LogP contribution is 2.18. The van der Waals surface area contributed by atoms with E-state index in [2.05, 4.69) is 42.7 Å². The number of amides is 2. The van der Waals surface area contributed by atoms with E-state index in [1.165, 1.54) is 16.7 Å². The van der Waals surface area contributed by atoms with Crippen LogP contribution in [0.15, 0.2) is 18.2 Å².